The van der Waals surface area contributed by atoms with Crippen molar-refractivity contribution in [1.29, 1.82) is 0 Å². The molecule has 0 aromatic carbocycles. The van der Waals surface area contributed by atoms with Gasteiger partial charge in [-0.2, -0.15) is 0 Å². The summed E-state index contributed by atoms with van der Waals surface area (Å²) in [6, 6.07) is 0.444. The number of fused-ring (bicyclic) bond motifs is 1. The largest absolute Gasteiger partial charge is 0.465 e. The van der Waals surface area contributed by atoms with E-state index in [9.17, 15) is 4.79 Å². The molecular weight excluding hydrogens is 268 g/mol. The third kappa shape index (κ3) is 3.05. The quantitative estimate of drug-likeness (QED) is 0.761. The average molecular weight is 291 g/mol. The van der Waals surface area contributed by atoms with Crippen LogP contribution in [0.3, 0.4) is 0 Å². The summed E-state index contributed by atoms with van der Waals surface area (Å²) in [5.74, 6) is -0.0777. The van der Waals surface area contributed by atoms with E-state index >= 15 is 0 Å². The molecule has 3 aliphatic rings. The van der Waals surface area contributed by atoms with Gasteiger partial charge in [-0.1, -0.05) is 0 Å². The Bertz CT molecular complexity index is 336. The highest BCUT2D eigenvalue weighted by molar-refractivity contribution is 5.85. The minimum Gasteiger partial charge on any atom is -0.465 e. The van der Waals surface area contributed by atoms with Gasteiger partial charge in [0.2, 0.25) is 0 Å². The lowest BCUT2D eigenvalue weighted by Gasteiger charge is -2.30. The molecule has 3 atom stereocenters. The zero-order chi connectivity index (χ0) is 12.6. The van der Waals surface area contributed by atoms with Gasteiger partial charge in [0.05, 0.1) is 19.8 Å². The van der Waals surface area contributed by atoms with E-state index in [4.69, 9.17) is 9.47 Å². The van der Waals surface area contributed by atoms with Crippen LogP contribution in [0.15, 0.2) is 0 Å². The lowest BCUT2D eigenvalue weighted by Crippen LogP contribution is -2.40. The lowest BCUT2D eigenvalue weighted by molar-refractivity contribution is -0.145. The summed E-state index contributed by atoms with van der Waals surface area (Å²) in [4.78, 5) is 14.2. The van der Waals surface area contributed by atoms with Gasteiger partial charge in [0.1, 0.15) is 6.04 Å². The minimum atomic E-state index is -0.0789. The van der Waals surface area contributed by atoms with Crippen molar-refractivity contribution < 1.29 is 14.3 Å². The smallest absolute Gasteiger partial charge is 0.323 e. The average Bonchev–Trinajstić information content (AvgIpc) is 2.91. The Balaban J connectivity index is 0.00000133. The zero-order valence-corrected chi connectivity index (χ0v) is 12.2. The van der Waals surface area contributed by atoms with Crippen molar-refractivity contribution in [3.8, 4) is 0 Å². The van der Waals surface area contributed by atoms with E-state index in [-0.39, 0.29) is 24.4 Å². The zero-order valence-electron chi connectivity index (χ0n) is 11.4. The van der Waals surface area contributed by atoms with Gasteiger partial charge in [-0.25, -0.2) is 0 Å². The molecule has 0 radical (unpaired) electrons. The number of nitrogens with one attached hydrogen (secondary N) is 1. The Morgan fingerprint density at radius 3 is 2.84 bits per heavy atom. The third-order valence-corrected chi connectivity index (χ3v) is 4.42. The molecule has 0 amide bonds. The van der Waals surface area contributed by atoms with Crippen LogP contribution in [-0.2, 0) is 14.3 Å². The molecule has 1 N–H and O–H groups in total. The summed E-state index contributed by atoms with van der Waals surface area (Å²) in [5.41, 5.74) is 0.328. The highest BCUT2D eigenvalue weighted by Crippen LogP contribution is 2.55. The van der Waals surface area contributed by atoms with Crippen LogP contribution in [0.1, 0.15) is 19.8 Å². The predicted molar refractivity (Wildman–Crippen MR) is 73.5 cm³/mol. The Morgan fingerprint density at radius 1 is 1.42 bits per heavy atom. The molecule has 19 heavy (non-hydrogen) atoms. The van der Waals surface area contributed by atoms with E-state index < -0.39 is 0 Å². The Labute approximate surface area is 120 Å². The third-order valence-electron chi connectivity index (χ3n) is 4.42. The summed E-state index contributed by atoms with van der Waals surface area (Å²) in [5, 5.41) is 3.41. The van der Waals surface area contributed by atoms with Crippen LogP contribution in [0.25, 0.3) is 0 Å². The molecule has 110 valence electrons. The first-order valence-corrected chi connectivity index (χ1v) is 6.96. The van der Waals surface area contributed by atoms with Crippen LogP contribution in [0.5, 0.6) is 0 Å². The number of hydrogen-bond acceptors (Lipinski definition) is 5. The van der Waals surface area contributed by atoms with Gasteiger partial charge < -0.3 is 14.8 Å². The van der Waals surface area contributed by atoms with Crippen LogP contribution in [0.4, 0.5) is 0 Å². The molecule has 2 heterocycles. The standard InChI is InChI=1S/C13H22N2O3.ClH/c1-2-18-12(16)10-7-13(8-11(13)14-10)9-15-3-5-17-6-4-15;/h10-11,14H,2-9H2,1H3;1H/t10-,11-,13+;/m0./s1. The first kappa shape index (κ1) is 15.0. The molecule has 0 spiro atoms. The number of nitrogens with zero attached hydrogens (tertiary/aromatic N) is 1. The molecule has 2 aliphatic heterocycles. The number of hydrogen-bond donors (Lipinski definition) is 1. The van der Waals surface area contributed by atoms with Gasteiger partial charge in [0, 0.05) is 31.1 Å². The van der Waals surface area contributed by atoms with Crippen molar-refractivity contribution in [2.24, 2.45) is 5.41 Å². The molecule has 5 nitrogen and oxygen atoms in total. The number of carbonyl (C=O) groups is 1. The highest BCUT2D eigenvalue weighted by Gasteiger charge is 2.62. The predicted octanol–water partition coefficient (Wildman–Crippen LogP) is 0.424. The second-order valence-electron chi connectivity index (χ2n) is 5.68. The number of rotatable bonds is 4. The summed E-state index contributed by atoms with van der Waals surface area (Å²) in [7, 11) is 0. The Hall–Kier alpha value is -0.360. The fraction of sp³-hybridized carbons (Fsp3) is 0.923. The minimum absolute atomic E-state index is 0. The molecule has 0 aromatic rings. The van der Waals surface area contributed by atoms with E-state index in [1.807, 2.05) is 6.92 Å². The number of carbonyl (C=O) groups excluding carboxylic acids is 1. The van der Waals surface area contributed by atoms with E-state index in [0.717, 1.165) is 39.3 Å². The molecule has 3 rings (SSSR count). The van der Waals surface area contributed by atoms with Gasteiger partial charge in [0.25, 0.3) is 0 Å². The topological polar surface area (TPSA) is 50.8 Å². The van der Waals surface area contributed by atoms with Crippen LogP contribution < -0.4 is 5.32 Å². The van der Waals surface area contributed by atoms with Gasteiger partial charge in [0.15, 0.2) is 0 Å². The molecular formula is C13H23ClN2O3. The van der Waals surface area contributed by atoms with Crippen LogP contribution in [0.2, 0.25) is 0 Å². The maximum Gasteiger partial charge on any atom is 0.323 e. The number of ether oxygens (including phenoxy) is 2. The highest BCUT2D eigenvalue weighted by atomic mass is 35.5. The molecule has 0 unspecified atom stereocenters. The van der Waals surface area contributed by atoms with E-state index in [2.05, 4.69) is 10.2 Å². The Kier molecular flexibility index (Phi) is 4.71. The summed E-state index contributed by atoms with van der Waals surface area (Å²) in [6.45, 7) is 7.17. The molecule has 3 fully saturated rings. The lowest BCUT2D eigenvalue weighted by atomic mass is 9.99. The number of halogens is 1. The van der Waals surface area contributed by atoms with Crippen molar-refractivity contribution in [3.63, 3.8) is 0 Å². The van der Waals surface area contributed by atoms with Crippen molar-refractivity contribution in [2.45, 2.75) is 31.8 Å². The van der Waals surface area contributed by atoms with Crippen molar-refractivity contribution >= 4 is 18.4 Å². The molecule has 2 saturated heterocycles. The van der Waals surface area contributed by atoms with Gasteiger partial charge >= 0.3 is 5.97 Å². The fourth-order valence-corrected chi connectivity index (χ4v) is 3.36. The van der Waals surface area contributed by atoms with Crippen LogP contribution in [-0.4, -0.2) is 62.4 Å². The maximum absolute atomic E-state index is 11.7. The van der Waals surface area contributed by atoms with Crippen LogP contribution in [0, 0.1) is 5.41 Å². The summed E-state index contributed by atoms with van der Waals surface area (Å²) in [6.07, 6.45) is 2.15. The second-order valence-corrected chi connectivity index (χ2v) is 5.68. The second kappa shape index (κ2) is 5.95. The van der Waals surface area contributed by atoms with E-state index in [0.29, 0.717) is 18.1 Å². The molecule has 1 aliphatic carbocycles. The van der Waals surface area contributed by atoms with Gasteiger partial charge in [-0.05, 0) is 19.8 Å². The van der Waals surface area contributed by atoms with E-state index in [1.54, 1.807) is 0 Å². The number of morpholine rings is 1. The number of piperidine rings is 1. The molecule has 1 saturated carbocycles. The summed E-state index contributed by atoms with van der Waals surface area (Å²) < 4.78 is 10.5. The molecule has 6 heteroatoms. The number of esters is 1. The fourth-order valence-electron chi connectivity index (χ4n) is 3.36. The Morgan fingerprint density at radius 2 is 2.16 bits per heavy atom. The summed E-state index contributed by atoms with van der Waals surface area (Å²) >= 11 is 0. The first-order valence-electron chi connectivity index (χ1n) is 6.96. The molecule has 0 aromatic heterocycles. The first-order chi connectivity index (χ1) is 8.73. The monoisotopic (exact) mass is 290 g/mol. The molecule has 0 bridgehead atoms. The van der Waals surface area contributed by atoms with Crippen molar-refractivity contribution in [2.75, 3.05) is 39.5 Å². The van der Waals surface area contributed by atoms with Gasteiger partial charge in [-0.15, -0.1) is 12.4 Å². The van der Waals surface area contributed by atoms with Gasteiger partial charge in [-0.3, -0.25) is 9.69 Å². The van der Waals surface area contributed by atoms with Crippen molar-refractivity contribution in [1.82, 2.24) is 10.2 Å². The van der Waals surface area contributed by atoms with Crippen molar-refractivity contribution in [3.05, 3.63) is 0 Å². The maximum atomic E-state index is 11.7. The SMILES string of the molecule is CCOC(=O)[C@@H]1C[C@]2(CN3CCOCC3)C[C@@H]2N1.Cl. The van der Waals surface area contributed by atoms with Crippen LogP contribution >= 0.6 is 12.4 Å². The van der Waals surface area contributed by atoms with E-state index in [1.165, 1.54) is 6.42 Å². The normalized spacial score (nSPS) is 37.3.